The smallest absolute Gasteiger partial charge is 0.375 e. The molecular formula is C6H3ClF3N3O2S. The average molecular weight is 274 g/mol. The third-order valence-corrected chi connectivity index (χ3v) is 2.04. The third kappa shape index (κ3) is 3.66. The molecule has 2 N–H and O–H groups in total. The fraction of sp³-hybridized carbons (Fsp3) is 0.167. The topological polar surface area (TPSA) is 77.6 Å². The van der Waals surface area contributed by atoms with Gasteiger partial charge in [0, 0.05) is 5.38 Å². The standard InChI is InChI=1S/C6H3ClF3N3O2S/c7-4(14)3(13-15-6(8,9)10)2-1-16-5(11)12-2/h1H,(H2,11,12). The second kappa shape index (κ2) is 4.66. The molecule has 10 heteroatoms. The van der Waals surface area contributed by atoms with Crippen molar-refractivity contribution in [2.45, 2.75) is 6.36 Å². The molecule has 0 radical (unpaired) electrons. The number of aromatic nitrogens is 1. The molecule has 1 heterocycles. The zero-order valence-electron chi connectivity index (χ0n) is 7.29. The lowest BCUT2D eigenvalue weighted by molar-refractivity contribution is -0.325. The van der Waals surface area contributed by atoms with Gasteiger partial charge in [-0.1, -0.05) is 5.16 Å². The lowest BCUT2D eigenvalue weighted by Gasteiger charge is -2.02. The van der Waals surface area contributed by atoms with E-state index in [0.29, 0.717) is 0 Å². The number of nitrogens with two attached hydrogens (primary N) is 1. The first-order valence-corrected chi connectivity index (χ1v) is 4.79. The Hall–Kier alpha value is -1.35. The van der Waals surface area contributed by atoms with Gasteiger partial charge in [0.2, 0.25) is 0 Å². The molecule has 1 aromatic rings. The Morgan fingerprint density at radius 2 is 2.25 bits per heavy atom. The fourth-order valence-electron chi connectivity index (χ4n) is 0.677. The van der Waals surface area contributed by atoms with Gasteiger partial charge in [0.1, 0.15) is 5.69 Å². The highest BCUT2D eigenvalue weighted by atomic mass is 35.5. The zero-order valence-corrected chi connectivity index (χ0v) is 8.86. The minimum atomic E-state index is -5.00. The Balaban J connectivity index is 2.96. The maximum Gasteiger partial charge on any atom is 0.593 e. The van der Waals surface area contributed by atoms with E-state index in [2.05, 4.69) is 15.0 Å². The number of hydrogen-bond donors (Lipinski definition) is 1. The van der Waals surface area contributed by atoms with Crippen LogP contribution in [0.1, 0.15) is 5.69 Å². The number of oxime groups is 1. The normalized spacial score (nSPS) is 12.6. The van der Waals surface area contributed by atoms with Crippen LogP contribution in [0.25, 0.3) is 0 Å². The SMILES string of the molecule is Nc1nc(C(=NOC(F)(F)F)C(=O)Cl)cs1. The lowest BCUT2D eigenvalue weighted by atomic mass is 10.3. The predicted molar refractivity (Wildman–Crippen MR) is 51.1 cm³/mol. The van der Waals surface area contributed by atoms with Crippen molar-refractivity contribution in [3.63, 3.8) is 0 Å². The first-order valence-electron chi connectivity index (χ1n) is 3.53. The molecule has 0 unspecified atom stereocenters. The van der Waals surface area contributed by atoms with Gasteiger partial charge in [0.05, 0.1) is 0 Å². The highest BCUT2D eigenvalue weighted by molar-refractivity contribution is 7.13. The van der Waals surface area contributed by atoms with Crippen LogP contribution >= 0.6 is 22.9 Å². The first kappa shape index (κ1) is 12.7. The van der Waals surface area contributed by atoms with Crippen molar-refractivity contribution in [2.24, 2.45) is 5.16 Å². The second-order valence-electron chi connectivity index (χ2n) is 2.32. The van der Waals surface area contributed by atoms with E-state index in [1.54, 1.807) is 0 Å². The molecule has 0 atom stereocenters. The van der Waals surface area contributed by atoms with Gasteiger partial charge >= 0.3 is 6.36 Å². The summed E-state index contributed by atoms with van der Waals surface area (Å²) in [5, 5.41) is 2.64. The Morgan fingerprint density at radius 3 is 2.62 bits per heavy atom. The highest BCUT2D eigenvalue weighted by Crippen LogP contribution is 2.18. The number of rotatable bonds is 3. The Bertz CT molecular complexity index is 431. The summed E-state index contributed by atoms with van der Waals surface area (Å²) in [6.07, 6.45) is -5.00. The van der Waals surface area contributed by atoms with Crippen molar-refractivity contribution < 1.29 is 22.8 Å². The Morgan fingerprint density at radius 1 is 1.62 bits per heavy atom. The van der Waals surface area contributed by atoms with Crippen molar-refractivity contribution in [3.8, 4) is 0 Å². The van der Waals surface area contributed by atoms with Gasteiger partial charge in [0.25, 0.3) is 5.24 Å². The van der Waals surface area contributed by atoms with Crippen molar-refractivity contribution in [1.29, 1.82) is 0 Å². The monoisotopic (exact) mass is 273 g/mol. The van der Waals surface area contributed by atoms with Crippen LogP contribution in [0.15, 0.2) is 10.5 Å². The molecule has 0 fully saturated rings. The van der Waals surface area contributed by atoms with E-state index in [-0.39, 0.29) is 10.8 Å². The number of nitrogen functional groups attached to an aromatic ring is 1. The van der Waals surface area contributed by atoms with Crippen LogP contribution < -0.4 is 5.73 Å². The average Bonchev–Trinajstić information content (AvgIpc) is 2.49. The van der Waals surface area contributed by atoms with E-state index in [1.807, 2.05) is 0 Å². The molecule has 5 nitrogen and oxygen atoms in total. The van der Waals surface area contributed by atoms with Gasteiger partial charge in [-0.2, -0.15) is 0 Å². The molecule has 1 aromatic heterocycles. The maximum atomic E-state index is 11.7. The third-order valence-electron chi connectivity index (χ3n) is 1.19. The van der Waals surface area contributed by atoms with E-state index in [0.717, 1.165) is 11.3 Å². The minimum absolute atomic E-state index is 0.0626. The largest absolute Gasteiger partial charge is 0.593 e. The molecule has 88 valence electrons. The molecule has 0 aliphatic carbocycles. The molecule has 0 saturated carbocycles. The maximum absolute atomic E-state index is 11.7. The molecule has 0 aromatic carbocycles. The molecule has 16 heavy (non-hydrogen) atoms. The van der Waals surface area contributed by atoms with Gasteiger partial charge in [-0.3, -0.25) is 9.63 Å². The van der Waals surface area contributed by atoms with Crippen LogP contribution in [0.2, 0.25) is 0 Å². The second-order valence-corrected chi connectivity index (χ2v) is 3.55. The summed E-state index contributed by atoms with van der Waals surface area (Å²) in [5.74, 6) is 0. The van der Waals surface area contributed by atoms with E-state index in [1.165, 1.54) is 5.38 Å². The molecule has 0 saturated heterocycles. The summed E-state index contributed by atoms with van der Waals surface area (Å²) in [7, 11) is 0. The summed E-state index contributed by atoms with van der Waals surface area (Å²) in [5.41, 5.74) is 4.30. The predicted octanol–water partition coefficient (Wildman–Crippen LogP) is 1.73. The molecular weight excluding hydrogens is 271 g/mol. The molecule has 0 aliphatic heterocycles. The van der Waals surface area contributed by atoms with Crippen LogP contribution in [-0.2, 0) is 9.63 Å². The molecule has 0 aliphatic rings. The number of alkyl halides is 3. The minimum Gasteiger partial charge on any atom is -0.375 e. The quantitative estimate of drug-likeness (QED) is 0.517. The van der Waals surface area contributed by atoms with Crippen LogP contribution in [0, 0.1) is 0 Å². The van der Waals surface area contributed by atoms with Gasteiger partial charge in [-0.05, 0) is 11.6 Å². The number of nitrogens with zero attached hydrogens (tertiary/aromatic N) is 2. The highest BCUT2D eigenvalue weighted by Gasteiger charge is 2.32. The fourth-order valence-corrected chi connectivity index (χ4v) is 1.36. The molecule has 0 amide bonds. The van der Waals surface area contributed by atoms with Crippen molar-refractivity contribution in [1.82, 2.24) is 4.98 Å². The van der Waals surface area contributed by atoms with Crippen molar-refractivity contribution in [2.75, 3.05) is 5.73 Å². The number of thiazole rings is 1. The van der Waals surface area contributed by atoms with Crippen LogP contribution in [-0.4, -0.2) is 22.3 Å². The van der Waals surface area contributed by atoms with Gasteiger partial charge in [-0.25, -0.2) is 4.98 Å². The molecule has 1 rings (SSSR count). The number of anilines is 1. The van der Waals surface area contributed by atoms with E-state index in [9.17, 15) is 18.0 Å². The lowest BCUT2D eigenvalue weighted by Crippen LogP contribution is -2.16. The van der Waals surface area contributed by atoms with Gasteiger partial charge in [0.15, 0.2) is 10.8 Å². The zero-order chi connectivity index (χ0) is 12.3. The number of halogens is 4. The first-order chi connectivity index (χ1) is 7.29. The van der Waals surface area contributed by atoms with Gasteiger partial charge in [-0.15, -0.1) is 24.5 Å². The van der Waals surface area contributed by atoms with E-state index in [4.69, 9.17) is 17.3 Å². The van der Waals surface area contributed by atoms with Crippen LogP contribution in [0.3, 0.4) is 0 Å². The number of carbonyl (C=O) groups is 1. The Labute approximate surface area is 95.7 Å². The molecule has 0 spiro atoms. The summed E-state index contributed by atoms with van der Waals surface area (Å²) in [4.78, 5) is 17.5. The number of hydrogen-bond acceptors (Lipinski definition) is 6. The summed E-state index contributed by atoms with van der Waals surface area (Å²) < 4.78 is 35.0. The van der Waals surface area contributed by atoms with Crippen LogP contribution in [0.5, 0.6) is 0 Å². The van der Waals surface area contributed by atoms with Crippen molar-refractivity contribution >= 4 is 39.0 Å². The van der Waals surface area contributed by atoms with E-state index >= 15 is 0 Å². The van der Waals surface area contributed by atoms with Crippen molar-refractivity contribution in [3.05, 3.63) is 11.1 Å². The number of carbonyl (C=O) groups excluding carboxylic acids is 1. The van der Waals surface area contributed by atoms with Crippen LogP contribution in [0.4, 0.5) is 18.3 Å². The summed E-state index contributed by atoms with van der Waals surface area (Å²) in [6.45, 7) is 0. The Kier molecular flexibility index (Phi) is 3.70. The summed E-state index contributed by atoms with van der Waals surface area (Å²) >= 11 is 5.94. The summed E-state index contributed by atoms with van der Waals surface area (Å²) in [6, 6.07) is 0. The van der Waals surface area contributed by atoms with E-state index < -0.39 is 17.3 Å². The van der Waals surface area contributed by atoms with Gasteiger partial charge < -0.3 is 5.73 Å². The molecule has 0 bridgehead atoms.